The van der Waals surface area contributed by atoms with E-state index in [4.69, 9.17) is 5.73 Å². The van der Waals surface area contributed by atoms with Crippen LogP contribution in [0.5, 0.6) is 0 Å². The zero-order valence-corrected chi connectivity index (χ0v) is 14.0. The van der Waals surface area contributed by atoms with Crippen molar-refractivity contribution >= 4 is 41.6 Å². The van der Waals surface area contributed by atoms with E-state index in [1.165, 1.54) is 12.8 Å². The monoisotopic (exact) mass is 341 g/mol. The van der Waals surface area contributed by atoms with Gasteiger partial charge in [-0.25, -0.2) is 0 Å². The Morgan fingerprint density at radius 3 is 2.73 bits per heavy atom. The first-order chi connectivity index (χ1) is 9.66. The van der Waals surface area contributed by atoms with E-state index < -0.39 is 0 Å². The molecule has 1 aromatic heterocycles. The molecule has 0 saturated heterocycles. The summed E-state index contributed by atoms with van der Waals surface area (Å²) in [4.78, 5) is 16.6. The van der Waals surface area contributed by atoms with Crippen LogP contribution in [0, 0.1) is 12.8 Å². The number of rotatable bonds is 4. The minimum atomic E-state index is -0.0862. The molecule has 2 aromatic rings. The van der Waals surface area contributed by atoms with Gasteiger partial charge in [0.2, 0.25) is 0 Å². The number of pyridine rings is 1. The number of carbonyl (C=O) groups is 1. The molecule has 120 valence electrons. The average molecular weight is 342 g/mol. The zero-order chi connectivity index (χ0) is 14.1. The lowest BCUT2D eigenvalue weighted by Gasteiger charge is -2.13. The third-order valence-corrected chi connectivity index (χ3v) is 4.02. The predicted molar refractivity (Wildman–Crippen MR) is 94.0 cm³/mol. The van der Waals surface area contributed by atoms with Gasteiger partial charge < -0.3 is 11.1 Å². The summed E-state index contributed by atoms with van der Waals surface area (Å²) in [7, 11) is 0. The van der Waals surface area contributed by atoms with Crippen LogP contribution in [-0.4, -0.2) is 23.5 Å². The molecule has 3 N–H and O–H groups in total. The Morgan fingerprint density at radius 2 is 2.05 bits per heavy atom. The fraction of sp³-hybridized carbons (Fsp3) is 0.375. The maximum atomic E-state index is 12.2. The Hall–Kier alpha value is -1.36. The highest BCUT2D eigenvalue weighted by Crippen LogP contribution is 2.31. The van der Waals surface area contributed by atoms with Crippen molar-refractivity contribution in [2.45, 2.75) is 25.8 Å². The maximum Gasteiger partial charge on any atom is 0.253 e. The lowest BCUT2D eigenvalue weighted by atomic mass is 10.0. The third kappa shape index (κ3) is 3.88. The van der Waals surface area contributed by atoms with Gasteiger partial charge in [0.25, 0.3) is 5.91 Å². The van der Waals surface area contributed by atoms with E-state index in [1.807, 2.05) is 31.2 Å². The summed E-state index contributed by atoms with van der Waals surface area (Å²) in [5.41, 5.74) is 8.51. The van der Waals surface area contributed by atoms with Gasteiger partial charge in [0.1, 0.15) is 0 Å². The number of hydrogen-bond acceptors (Lipinski definition) is 3. The van der Waals surface area contributed by atoms with Gasteiger partial charge in [0.05, 0.1) is 11.1 Å². The smallest absolute Gasteiger partial charge is 0.253 e. The lowest BCUT2D eigenvalue weighted by molar-refractivity contribution is 0.0949. The summed E-state index contributed by atoms with van der Waals surface area (Å²) < 4.78 is 0. The number of amides is 1. The van der Waals surface area contributed by atoms with Gasteiger partial charge in [0, 0.05) is 24.2 Å². The Kier molecular flexibility index (Phi) is 6.60. The number of halogens is 2. The minimum absolute atomic E-state index is 0. The van der Waals surface area contributed by atoms with Crippen LogP contribution in [0.1, 0.15) is 28.8 Å². The van der Waals surface area contributed by atoms with Crippen molar-refractivity contribution < 1.29 is 4.79 Å². The van der Waals surface area contributed by atoms with Crippen molar-refractivity contribution in [3.63, 3.8) is 0 Å². The van der Waals surface area contributed by atoms with E-state index in [9.17, 15) is 4.79 Å². The average Bonchev–Trinajstić information content (AvgIpc) is 3.30. The molecule has 6 heteroatoms. The van der Waals surface area contributed by atoms with Crippen molar-refractivity contribution in [1.82, 2.24) is 10.3 Å². The molecule has 1 atom stereocenters. The largest absolute Gasteiger partial charge is 0.350 e. The first-order valence-electron chi connectivity index (χ1n) is 7.05. The van der Waals surface area contributed by atoms with Crippen LogP contribution >= 0.6 is 24.8 Å². The Bertz CT molecular complexity index is 659. The molecule has 4 nitrogen and oxygen atoms in total. The van der Waals surface area contributed by atoms with Crippen molar-refractivity contribution in [2.24, 2.45) is 11.7 Å². The van der Waals surface area contributed by atoms with Gasteiger partial charge in [-0.3, -0.25) is 9.78 Å². The molecule has 0 radical (unpaired) electrons. The number of nitrogens with one attached hydrogen (secondary N) is 1. The highest BCUT2D eigenvalue weighted by molar-refractivity contribution is 5.99. The summed E-state index contributed by atoms with van der Waals surface area (Å²) in [6.07, 6.45) is 4.02. The zero-order valence-electron chi connectivity index (χ0n) is 12.4. The lowest BCUT2D eigenvalue weighted by Crippen LogP contribution is -2.38. The number of carbonyl (C=O) groups excluding carboxylic acids is 1. The molecule has 1 aromatic carbocycles. The molecule has 0 spiro atoms. The number of para-hydroxylation sites is 1. The molecule has 0 aliphatic heterocycles. The van der Waals surface area contributed by atoms with Crippen molar-refractivity contribution in [1.29, 1.82) is 0 Å². The molecule has 1 unspecified atom stereocenters. The second-order valence-corrected chi connectivity index (χ2v) is 5.53. The molecular formula is C16H21Cl2N3O. The summed E-state index contributed by atoms with van der Waals surface area (Å²) in [6, 6.07) is 7.93. The maximum absolute atomic E-state index is 12.2. The number of aromatic nitrogens is 1. The highest BCUT2D eigenvalue weighted by Gasteiger charge is 2.28. The molecule has 1 aliphatic rings. The Balaban J connectivity index is 0.00000121. The molecule has 22 heavy (non-hydrogen) atoms. The van der Waals surface area contributed by atoms with Crippen LogP contribution in [0.25, 0.3) is 10.9 Å². The first kappa shape index (κ1) is 18.7. The predicted octanol–water partition coefficient (Wildman–Crippen LogP) is 2.85. The van der Waals surface area contributed by atoms with Crippen LogP contribution in [0.15, 0.2) is 30.5 Å². The first-order valence-corrected chi connectivity index (χ1v) is 7.05. The van der Waals surface area contributed by atoms with E-state index in [-0.39, 0.29) is 36.8 Å². The molecule has 1 saturated carbocycles. The van der Waals surface area contributed by atoms with Crippen LogP contribution in [0.4, 0.5) is 0 Å². The molecule has 1 aliphatic carbocycles. The molecular weight excluding hydrogens is 321 g/mol. The van der Waals surface area contributed by atoms with E-state index >= 15 is 0 Å². The van der Waals surface area contributed by atoms with Gasteiger partial charge in [-0.1, -0.05) is 18.2 Å². The van der Waals surface area contributed by atoms with Gasteiger partial charge in [-0.05, 0) is 37.3 Å². The summed E-state index contributed by atoms with van der Waals surface area (Å²) >= 11 is 0. The second-order valence-electron chi connectivity index (χ2n) is 5.53. The van der Waals surface area contributed by atoms with E-state index in [1.54, 1.807) is 6.20 Å². The van der Waals surface area contributed by atoms with Crippen LogP contribution in [-0.2, 0) is 0 Å². The number of nitrogens with two attached hydrogens (primary N) is 1. The fourth-order valence-corrected chi connectivity index (χ4v) is 2.51. The van der Waals surface area contributed by atoms with Crippen molar-refractivity contribution in [3.05, 3.63) is 41.6 Å². The number of fused-ring (bicyclic) bond motifs is 1. The van der Waals surface area contributed by atoms with Gasteiger partial charge >= 0.3 is 0 Å². The van der Waals surface area contributed by atoms with Crippen LogP contribution in [0.3, 0.4) is 0 Å². The second kappa shape index (κ2) is 7.77. The van der Waals surface area contributed by atoms with Gasteiger partial charge in [-0.2, -0.15) is 0 Å². The Morgan fingerprint density at radius 1 is 1.36 bits per heavy atom. The minimum Gasteiger partial charge on any atom is -0.350 e. The molecule has 1 heterocycles. The van der Waals surface area contributed by atoms with Crippen LogP contribution < -0.4 is 11.1 Å². The van der Waals surface area contributed by atoms with Crippen molar-refractivity contribution in [3.8, 4) is 0 Å². The van der Waals surface area contributed by atoms with E-state index in [2.05, 4.69) is 10.3 Å². The normalized spacial score (nSPS) is 14.6. The van der Waals surface area contributed by atoms with Gasteiger partial charge in [-0.15, -0.1) is 24.8 Å². The summed E-state index contributed by atoms with van der Waals surface area (Å²) in [5.74, 6) is 0.503. The number of hydrogen-bond donors (Lipinski definition) is 2. The fourth-order valence-electron chi connectivity index (χ4n) is 2.51. The third-order valence-electron chi connectivity index (χ3n) is 4.02. The topological polar surface area (TPSA) is 68.0 Å². The molecule has 3 rings (SSSR count). The van der Waals surface area contributed by atoms with E-state index in [0.717, 1.165) is 16.5 Å². The Labute approximate surface area is 142 Å². The molecule has 0 bridgehead atoms. The summed E-state index contributed by atoms with van der Waals surface area (Å²) in [6.45, 7) is 2.50. The highest BCUT2D eigenvalue weighted by atomic mass is 35.5. The number of benzene rings is 1. The standard InChI is InChI=1S/C16H19N3O.2ClH/c1-10-12-4-2-3-5-15(12)18-8-13(10)16(20)19-9-14(17)11-6-7-11;;/h2-5,8,11,14H,6-7,9,17H2,1H3,(H,19,20);2*1H. The molecule has 1 amide bonds. The summed E-state index contributed by atoms with van der Waals surface area (Å²) in [5, 5.41) is 3.94. The van der Waals surface area contributed by atoms with Gasteiger partial charge in [0.15, 0.2) is 0 Å². The number of nitrogens with zero attached hydrogens (tertiary/aromatic N) is 1. The van der Waals surface area contributed by atoms with Crippen molar-refractivity contribution in [2.75, 3.05) is 6.54 Å². The number of aryl methyl sites for hydroxylation is 1. The molecule has 1 fully saturated rings. The van der Waals surface area contributed by atoms with Crippen LogP contribution in [0.2, 0.25) is 0 Å². The quantitative estimate of drug-likeness (QED) is 0.898. The van der Waals surface area contributed by atoms with E-state index in [0.29, 0.717) is 18.0 Å². The SMILES string of the molecule is Cc1c(C(=O)NCC(N)C2CC2)cnc2ccccc12.Cl.Cl.